The minimum atomic E-state index is -6.08. The number of nitrogens with zero attached hydrogens (tertiary/aromatic N) is 4. The molecule has 1 amide bonds. The maximum absolute atomic E-state index is 14.3. The van der Waals surface area contributed by atoms with E-state index in [-0.39, 0.29) is 16.4 Å². The Hall–Kier alpha value is -3.79. The van der Waals surface area contributed by atoms with Crippen molar-refractivity contribution in [3.8, 4) is 0 Å². The van der Waals surface area contributed by atoms with Crippen LogP contribution in [0.5, 0.6) is 0 Å². The molecule has 402 valence electrons. The third kappa shape index (κ3) is 13.1. The van der Waals surface area contributed by atoms with Gasteiger partial charge in [-0.3, -0.25) is 9.69 Å². The first kappa shape index (κ1) is 55.4. The lowest BCUT2D eigenvalue weighted by Crippen LogP contribution is -2.66. The van der Waals surface area contributed by atoms with Gasteiger partial charge in [-0.25, -0.2) is 30.3 Å². The van der Waals surface area contributed by atoms with Crippen molar-refractivity contribution in [1.29, 1.82) is 0 Å². The van der Waals surface area contributed by atoms with Crippen LogP contribution in [0, 0.1) is 16.2 Å². The number of nitrogens with one attached hydrogen (secondary N) is 2. The van der Waals surface area contributed by atoms with Crippen molar-refractivity contribution in [3.05, 3.63) is 89.5 Å². The number of rotatable bonds is 23. The lowest BCUT2D eigenvalue weighted by molar-refractivity contribution is -0.250. The summed E-state index contributed by atoms with van der Waals surface area (Å²) in [4.78, 5) is 21.6. The highest BCUT2D eigenvalue weighted by atomic mass is 32.2. The van der Waals surface area contributed by atoms with Crippen LogP contribution < -0.4 is 20.7 Å². The van der Waals surface area contributed by atoms with Crippen LogP contribution in [0.4, 0.5) is 33.3 Å². The zero-order valence-electron chi connectivity index (χ0n) is 42.1. The molecule has 0 radical (unpaired) electrons. The van der Waals surface area contributed by atoms with E-state index in [1.54, 1.807) is 12.1 Å². The third-order valence-electron chi connectivity index (χ3n) is 16.0. The molecule has 3 aromatic carbocycles. The SMILES string of the molecule is CC1(C)CCC(CN2CCN(c3ccc(C(=O)NS(=O)(=O)c4ccc(NC(CCN5CCN(CCCCCCN)CC5)CSc5ccccc5)c(S(=O)(=O)C(F)(F)F)c4)cc3)CC2)=C(C23CC(C(F)F)(C2)C3)C1. The maximum atomic E-state index is 14.3. The van der Waals surface area contributed by atoms with Crippen LogP contribution in [0.3, 0.4) is 0 Å². The van der Waals surface area contributed by atoms with E-state index in [1.807, 2.05) is 35.1 Å². The monoisotopic (exact) mass is 1080 g/mol. The predicted octanol–water partition coefficient (Wildman–Crippen LogP) is 9.26. The van der Waals surface area contributed by atoms with E-state index in [4.69, 9.17) is 5.73 Å². The average Bonchev–Trinajstić information content (AvgIpc) is 3.32. The fraction of sp³-hybridized carbons (Fsp3) is 0.604. The van der Waals surface area contributed by atoms with Crippen LogP contribution in [-0.2, 0) is 19.9 Å². The quantitative estimate of drug-likeness (QED) is 0.0360. The Morgan fingerprint density at radius 2 is 1.42 bits per heavy atom. The van der Waals surface area contributed by atoms with Gasteiger partial charge < -0.3 is 25.8 Å². The number of allylic oxidation sites excluding steroid dienone is 1. The molecule has 12 nitrogen and oxygen atoms in total. The van der Waals surface area contributed by atoms with Crippen molar-refractivity contribution < 1.29 is 43.6 Å². The van der Waals surface area contributed by atoms with Crippen molar-refractivity contribution >= 4 is 48.9 Å². The van der Waals surface area contributed by atoms with Gasteiger partial charge in [0.05, 0.1) is 10.6 Å². The van der Waals surface area contributed by atoms with Crippen molar-refractivity contribution in [2.24, 2.45) is 22.0 Å². The molecule has 2 heterocycles. The molecule has 4 aliphatic carbocycles. The molecule has 3 aromatic rings. The average molecular weight is 1080 g/mol. The first-order valence-electron chi connectivity index (χ1n) is 25.8. The summed E-state index contributed by atoms with van der Waals surface area (Å²) < 4.78 is 126. The van der Waals surface area contributed by atoms with E-state index in [1.165, 1.54) is 35.0 Å². The normalized spacial score (nSPS) is 23.5. The summed E-state index contributed by atoms with van der Waals surface area (Å²) in [5, 5.41) is 3.05. The number of nitrogens with two attached hydrogens (primary N) is 1. The number of sulfonamides is 1. The number of carbonyl (C=O) groups excluding carboxylic acids is 1. The minimum absolute atomic E-state index is 0.0206. The smallest absolute Gasteiger partial charge is 0.380 e. The molecule has 4 N–H and O–H groups in total. The second-order valence-electron chi connectivity index (χ2n) is 21.9. The number of carbonyl (C=O) groups is 1. The lowest BCUT2D eigenvalue weighted by Gasteiger charge is -2.72. The molecular weight excluding hydrogens is 1010 g/mol. The number of piperazine rings is 2. The Morgan fingerprint density at radius 3 is 2.05 bits per heavy atom. The molecule has 2 aliphatic heterocycles. The number of sulfone groups is 1. The lowest BCUT2D eigenvalue weighted by atomic mass is 9.32. The predicted molar refractivity (Wildman–Crippen MR) is 278 cm³/mol. The van der Waals surface area contributed by atoms with Crippen molar-refractivity contribution in [2.45, 2.75) is 117 Å². The summed E-state index contributed by atoms with van der Waals surface area (Å²) >= 11 is 1.46. The number of hydrogen-bond acceptors (Lipinski definition) is 12. The minimum Gasteiger partial charge on any atom is -0.380 e. The molecule has 0 spiro atoms. The Balaban J connectivity index is 0.897. The van der Waals surface area contributed by atoms with Gasteiger partial charge in [-0.1, -0.05) is 56.0 Å². The molecule has 73 heavy (non-hydrogen) atoms. The number of hydrogen-bond donors (Lipinski definition) is 3. The summed E-state index contributed by atoms with van der Waals surface area (Å²) in [7, 11) is -11.0. The second-order valence-corrected chi connectivity index (χ2v) is 26.6. The van der Waals surface area contributed by atoms with Gasteiger partial charge in [0.1, 0.15) is 4.90 Å². The van der Waals surface area contributed by atoms with E-state index in [2.05, 4.69) is 38.8 Å². The number of anilines is 2. The summed E-state index contributed by atoms with van der Waals surface area (Å²) in [5.41, 5.74) is 2.44. The largest absolute Gasteiger partial charge is 0.501 e. The number of unbranched alkanes of at least 4 members (excludes halogenated alkanes) is 3. The first-order valence-corrected chi connectivity index (χ1v) is 29.7. The van der Waals surface area contributed by atoms with Crippen molar-refractivity contribution in [1.82, 2.24) is 19.4 Å². The van der Waals surface area contributed by atoms with Gasteiger partial charge in [-0.2, -0.15) is 13.2 Å². The van der Waals surface area contributed by atoms with Crippen LogP contribution in [0.25, 0.3) is 0 Å². The molecule has 20 heteroatoms. The fourth-order valence-corrected chi connectivity index (χ4v) is 14.7. The standard InChI is InChI=1S/C53H72F5N7O5S3/c1-50(2)20-18-40(45(33-50)51-36-52(37-51,38-51)49(54)55)34-64-28-30-65(31-29-64)42-14-12-39(13-15-42)48(66)61-73(69,70)44-16-17-46(47(32-44)72(67,68)53(56,57)58)60-41(35-71-43-10-6-5-7-11-43)19-23-63-26-24-62(25-27-63)22-9-4-3-8-21-59/h5-7,10-17,32,41,49,60H,3-4,8-9,18-31,33-38,59H2,1-2H3,(H,61,66). The van der Waals surface area contributed by atoms with E-state index in [0.717, 1.165) is 120 Å². The summed E-state index contributed by atoms with van der Waals surface area (Å²) in [6.07, 6.45) is 7.39. The Bertz CT molecular complexity index is 2620. The van der Waals surface area contributed by atoms with Gasteiger partial charge in [-0.15, -0.1) is 11.8 Å². The molecule has 5 fully saturated rings. The summed E-state index contributed by atoms with van der Waals surface area (Å²) in [6.45, 7) is 14.0. The summed E-state index contributed by atoms with van der Waals surface area (Å²) in [5.74, 6) is -0.667. The van der Waals surface area contributed by atoms with Crippen LogP contribution in [0.1, 0.15) is 94.8 Å². The number of thioether (sulfide) groups is 1. The number of halogens is 5. The van der Waals surface area contributed by atoms with Crippen molar-refractivity contribution in [3.63, 3.8) is 0 Å². The first-order chi connectivity index (χ1) is 34.6. The molecule has 2 saturated heterocycles. The molecular formula is C53H72F5N7O5S3. The van der Waals surface area contributed by atoms with E-state index >= 15 is 0 Å². The van der Waals surface area contributed by atoms with Crippen LogP contribution in [0.2, 0.25) is 0 Å². The number of alkyl halides is 5. The highest BCUT2D eigenvalue weighted by Crippen LogP contribution is 2.79. The molecule has 1 atom stereocenters. The van der Waals surface area contributed by atoms with E-state index < -0.39 is 64.6 Å². The molecule has 6 aliphatic rings. The molecule has 3 saturated carbocycles. The van der Waals surface area contributed by atoms with Crippen LogP contribution in [0.15, 0.2) is 98.6 Å². The Labute approximate surface area is 433 Å². The van der Waals surface area contributed by atoms with Crippen LogP contribution >= 0.6 is 11.8 Å². The molecule has 1 unspecified atom stereocenters. The highest BCUT2D eigenvalue weighted by molar-refractivity contribution is 7.99. The van der Waals surface area contributed by atoms with Gasteiger partial charge in [0.2, 0.25) is 6.43 Å². The van der Waals surface area contributed by atoms with E-state index in [0.29, 0.717) is 63.7 Å². The highest BCUT2D eigenvalue weighted by Gasteiger charge is 2.73. The van der Waals surface area contributed by atoms with Gasteiger partial charge >= 0.3 is 5.51 Å². The Morgan fingerprint density at radius 1 is 0.795 bits per heavy atom. The maximum Gasteiger partial charge on any atom is 0.501 e. The van der Waals surface area contributed by atoms with Gasteiger partial charge in [0, 0.05) is 98.8 Å². The molecule has 9 rings (SSSR count). The zero-order chi connectivity index (χ0) is 52.2. The van der Waals surface area contributed by atoms with Crippen LogP contribution in [-0.4, -0.2) is 140 Å². The molecule has 2 bridgehead atoms. The summed E-state index contributed by atoms with van der Waals surface area (Å²) in [6, 6.07) is 17.7. The van der Waals surface area contributed by atoms with Crippen molar-refractivity contribution in [2.75, 3.05) is 94.5 Å². The third-order valence-corrected chi connectivity index (χ3v) is 20.0. The number of benzene rings is 3. The topological polar surface area (TPSA) is 148 Å². The number of amides is 1. The second kappa shape index (κ2) is 22.8. The van der Waals surface area contributed by atoms with E-state index in [9.17, 15) is 43.6 Å². The van der Waals surface area contributed by atoms with Gasteiger partial charge in [0.15, 0.2) is 0 Å². The fourth-order valence-electron chi connectivity index (χ4n) is 11.7. The Kier molecular flexibility index (Phi) is 17.3. The zero-order valence-corrected chi connectivity index (χ0v) is 44.5. The molecule has 0 aromatic heterocycles. The van der Waals surface area contributed by atoms with Gasteiger partial charge in [0.25, 0.3) is 25.8 Å². The van der Waals surface area contributed by atoms with Gasteiger partial charge in [-0.05, 0) is 136 Å².